The molecule has 1 atom stereocenters. The minimum atomic E-state index is -1.96. The van der Waals surface area contributed by atoms with Crippen LogP contribution in [-0.4, -0.2) is 28.9 Å². The maximum Gasteiger partial charge on any atom is 0.331 e. The largest absolute Gasteiger partial charge is 0.480 e. The monoisotopic (exact) mass is 326 g/mol. The third kappa shape index (κ3) is 3.69. The van der Waals surface area contributed by atoms with Gasteiger partial charge in [0.2, 0.25) is 0 Å². The summed E-state index contributed by atoms with van der Waals surface area (Å²) < 4.78 is 0. The van der Waals surface area contributed by atoms with E-state index in [2.05, 4.69) is 0 Å². The van der Waals surface area contributed by atoms with Crippen LogP contribution in [0.25, 0.3) is 0 Å². The number of aliphatic carboxylic acids is 1. The fraction of sp³-hybridized carbons (Fsp3) is 0.263. The number of carbonyl (C=O) groups excluding carboxylic acids is 1. The van der Waals surface area contributed by atoms with Crippen LogP contribution >= 0.6 is 0 Å². The minimum absolute atomic E-state index is 0.00777. The zero-order valence-electron chi connectivity index (χ0n) is 13.4. The molecule has 2 rings (SSSR count). The molecule has 0 fully saturated rings. The lowest BCUT2D eigenvalue weighted by molar-refractivity contribution is -0.148. The molecule has 0 aliphatic heterocycles. The molecule has 0 aliphatic carbocycles. The van der Waals surface area contributed by atoms with E-state index in [1.807, 2.05) is 36.4 Å². The highest BCUT2D eigenvalue weighted by Gasteiger charge is 2.45. The summed E-state index contributed by atoms with van der Waals surface area (Å²) in [6.45, 7) is 0.279. The molecule has 0 heterocycles. The van der Waals surface area contributed by atoms with Crippen LogP contribution in [0, 0.1) is 0 Å². The summed E-state index contributed by atoms with van der Waals surface area (Å²) in [7, 11) is 0. The first-order valence-corrected chi connectivity index (χ1v) is 7.87. The lowest BCUT2D eigenvalue weighted by atomic mass is 9.77. The highest BCUT2D eigenvalue weighted by atomic mass is 16.4. The summed E-state index contributed by atoms with van der Waals surface area (Å²) in [5.74, 6) is -2.58. The maximum absolute atomic E-state index is 13.2. The average Bonchev–Trinajstić information content (AvgIpc) is 2.61. The fourth-order valence-corrected chi connectivity index (χ4v) is 2.76. The van der Waals surface area contributed by atoms with Gasteiger partial charge in [-0.05, 0) is 30.5 Å². The lowest BCUT2D eigenvalue weighted by Crippen LogP contribution is -2.57. The molecule has 126 valence electrons. The van der Waals surface area contributed by atoms with Crippen molar-refractivity contribution >= 4 is 11.8 Å². The number of carbonyl (C=O) groups is 2. The van der Waals surface area contributed by atoms with Gasteiger partial charge < -0.3 is 16.6 Å². The number of hydrogen-bond acceptors (Lipinski definition) is 4. The Hall–Kier alpha value is -2.50. The van der Waals surface area contributed by atoms with Gasteiger partial charge in [0.1, 0.15) is 0 Å². The van der Waals surface area contributed by atoms with Crippen molar-refractivity contribution in [2.45, 2.75) is 24.3 Å². The van der Waals surface area contributed by atoms with Crippen LogP contribution in [0.5, 0.6) is 0 Å². The van der Waals surface area contributed by atoms with Gasteiger partial charge in [0.25, 0.3) is 0 Å². The van der Waals surface area contributed by atoms with Gasteiger partial charge in [-0.15, -0.1) is 0 Å². The summed E-state index contributed by atoms with van der Waals surface area (Å²) in [6, 6.07) is 18.2. The Morgan fingerprint density at radius 1 is 0.958 bits per heavy atom. The summed E-state index contributed by atoms with van der Waals surface area (Å²) in [6.07, 6.45) is 0.374. The number of nitrogens with two attached hydrogens (primary N) is 2. The number of hydrogen-bond donors (Lipinski definition) is 3. The first-order chi connectivity index (χ1) is 11.5. The van der Waals surface area contributed by atoms with Crippen molar-refractivity contribution in [1.29, 1.82) is 0 Å². The highest BCUT2D eigenvalue weighted by molar-refractivity contribution is 6.11. The van der Waals surface area contributed by atoms with Gasteiger partial charge in [0.15, 0.2) is 11.3 Å². The summed E-state index contributed by atoms with van der Waals surface area (Å²) in [5.41, 5.74) is 11.0. The molecule has 0 bridgehead atoms. The van der Waals surface area contributed by atoms with E-state index >= 15 is 0 Å². The molecule has 0 radical (unpaired) electrons. The van der Waals surface area contributed by atoms with E-state index in [0.29, 0.717) is 6.42 Å². The van der Waals surface area contributed by atoms with Crippen LogP contribution in [0.4, 0.5) is 0 Å². The SMILES string of the molecule is NCCC[C@@](N)(C(=O)O)C(=O)C(c1ccccc1)c1ccccc1. The Morgan fingerprint density at radius 2 is 1.42 bits per heavy atom. The molecule has 0 aromatic heterocycles. The molecule has 0 spiro atoms. The predicted molar refractivity (Wildman–Crippen MR) is 92.6 cm³/mol. The van der Waals surface area contributed by atoms with E-state index in [0.717, 1.165) is 11.1 Å². The van der Waals surface area contributed by atoms with Crippen LogP contribution in [0.15, 0.2) is 60.7 Å². The molecule has 5 heteroatoms. The van der Waals surface area contributed by atoms with E-state index in [1.165, 1.54) is 0 Å². The van der Waals surface area contributed by atoms with E-state index in [1.54, 1.807) is 24.3 Å². The quantitative estimate of drug-likeness (QED) is 0.642. The van der Waals surface area contributed by atoms with Crippen LogP contribution in [0.1, 0.15) is 29.9 Å². The van der Waals surface area contributed by atoms with Crippen molar-refractivity contribution in [3.05, 3.63) is 71.8 Å². The Morgan fingerprint density at radius 3 is 1.79 bits per heavy atom. The molecule has 0 aliphatic rings. The van der Waals surface area contributed by atoms with Gasteiger partial charge in [-0.25, -0.2) is 4.79 Å². The van der Waals surface area contributed by atoms with Gasteiger partial charge in [0.05, 0.1) is 5.92 Å². The predicted octanol–water partition coefficient (Wildman–Crippen LogP) is 1.91. The summed E-state index contributed by atoms with van der Waals surface area (Å²) in [5, 5.41) is 9.59. The number of Topliss-reactive ketones (excluding diaryl/α,β-unsaturated/α-hetero) is 1. The first-order valence-electron chi connectivity index (χ1n) is 7.87. The van der Waals surface area contributed by atoms with Crippen LogP contribution in [-0.2, 0) is 9.59 Å². The molecule has 5 nitrogen and oxygen atoms in total. The molecule has 0 amide bonds. The Kier molecular flexibility index (Phi) is 5.84. The second-order valence-corrected chi connectivity index (χ2v) is 5.79. The third-order valence-electron chi connectivity index (χ3n) is 4.12. The molecule has 0 saturated carbocycles. The van der Waals surface area contributed by atoms with Crippen molar-refractivity contribution in [3.8, 4) is 0 Å². The van der Waals surface area contributed by atoms with Gasteiger partial charge in [-0.1, -0.05) is 60.7 Å². The van der Waals surface area contributed by atoms with Crippen LogP contribution < -0.4 is 11.5 Å². The number of rotatable bonds is 8. The second kappa shape index (κ2) is 7.86. The van der Waals surface area contributed by atoms with Gasteiger partial charge >= 0.3 is 5.97 Å². The standard InChI is InChI=1S/C19H22N2O3/c20-13-7-12-19(21,18(23)24)17(22)16(14-8-3-1-4-9-14)15-10-5-2-6-11-15/h1-6,8-11,16H,7,12-13,20-21H2,(H,23,24)/t19-/m0/s1. The summed E-state index contributed by atoms with van der Waals surface area (Å²) >= 11 is 0. The molecule has 2 aromatic rings. The Labute approximate surface area is 141 Å². The maximum atomic E-state index is 13.2. The third-order valence-corrected chi connectivity index (χ3v) is 4.12. The molecular formula is C19H22N2O3. The van der Waals surface area contributed by atoms with Crippen molar-refractivity contribution in [1.82, 2.24) is 0 Å². The van der Waals surface area contributed by atoms with E-state index in [9.17, 15) is 14.7 Å². The topological polar surface area (TPSA) is 106 Å². The van der Waals surface area contributed by atoms with E-state index in [-0.39, 0.29) is 13.0 Å². The zero-order valence-corrected chi connectivity index (χ0v) is 13.4. The van der Waals surface area contributed by atoms with Gasteiger partial charge in [-0.3, -0.25) is 4.79 Å². The molecule has 0 unspecified atom stereocenters. The van der Waals surface area contributed by atoms with E-state index in [4.69, 9.17) is 11.5 Å². The average molecular weight is 326 g/mol. The minimum Gasteiger partial charge on any atom is -0.480 e. The number of benzene rings is 2. The van der Waals surface area contributed by atoms with E-state index < -0.39 is 23.2 Å². The summed E-state index contributed by atoms with van der Waals surface area (Å²) in [4.78, 5) is 24.9. The fourth-order valence-electron chi connectivity index (χ4n) is 2.76. The molecule has 5 N–H and O–H groups in total. The Balaban J connectivity index is 2.50. The van der Waals surface area contributed by atoms with Crippen molar-refractivity contribution in [3.63, 3.8) is 0 Å². The van der Waals surface area contributed by atoms with Crippen LogP contribution in [0.2, 0.25) is 0 Å². The highest BCUT2D eigenvalue weighted by Crippen LogP contribution is 2.30. The zero-order chi connectivity index (χ0) is 17.6. The number of carboxylic acid groups (broad SMARTS) is 1. The molecule has 2 aromatic carbocycles. The van der Waals surface area contributed by atoms with Crippen molar-refractivity contribution in [2.75, 3.05) is 6.54 Å². The Bertz CT molecular complexity index is 649. The second-order valence-electron chi connectivity index (χ2n) is 5.79. The number of carboxylic acids is 1. The first kappa shape index (κ1) is 17.8. The van der Waals surface area contributed by atoms with Crippen molar-refractivity contribution < 1.29 is 14.7 Å². The molecular weight excluding hydrogens is 304 g/mol. The smallest absolute Gasteiger partial charge is 0.331 e. The van der Waals surface area contributed by atoms with Crippen molar-refractivity contribution in [2.24, 2.45) is 11.5 Å². The number of ketones is 1. The normalized spacial score (nSPS) is 13.5. The molecule has 24 heavy (non-hydrogen) atoms. The van der Waals surface area contributed by atoms with Crippen LogP contribution in [0.3, 0.4) is 0 Å². The lowest BCUT2D eigenvalue weighted by Gasteiger charge is -2.28. The van der Waals surface area contributed by atoms with Gasteiger partial charge in [0, 0.05) is 0 Å². The van der Waals surface area contributed by atoms with Gasteiger partial charge in [-0.2, -0.15) is 0 Å². The molecule has 0 saturated heterocycles.